The third-order valence-corrected chi connectivity index (χ3v) is 3.55. The van der Waals surface area contributed by atoms with Gasteiger partial charge < -0.3 is 5.32 Å². The van der Waals surface area contributed by atoms with E-state index in [9.17, 15) is 0 Å². The van der Waals surface area contributed by atoms with Gasteiger partial charge in [-0.15, -0.1) is 11.3 Å². The number of para-hydroxylation sites is 1. The predicted octanol–water partition coefficient (Wildman–Crippen LogP) is 3.76. The van der Waals surface area contributed by atoms with E-state index in [1.165, 1.54) is 0 Å². The van der Waals surface area contributed by atoms with Crippen molar-refractivity contribution in [3.8, 4) is 0 Å². The van der Waals surface area contributed by atoms with Crippen LogP contribution in [-0.2, 0) is 6.42 Å². The number of aromatic nitrogens is 1. The van der Waals surface area contributed by atoms with Gasteiger partial charge in [0.2, 0.25) is 0 Å². The molecule has 0 radical (unpaired) electrons. The molecular weight excluding hydrogens is 240 g/mol. The monoisotopic (exact) mass is 252 g/mol. The van der Waals surface area contributed by atoms with Crippen LogP contribution in [0.3, 0.4) is 0 Å². The second-order valence-electron chi connectivity index (χ2n) is 3.54. The molecule has 0 aliphatic heterocycles. The summed E-state index contributed by atoms with van der Waals surface area (Å²) in [5, 5.41) is 7.31. The molecule has 0 atom stereocenters. The minimum atomic E-state index is 0.762. The van der Waals surface area contributed by atoms with Gasteiger partial charge in [-0.2, -0.15) is 0 Å². The molecule has 0 saturated heterocycles. The van der Waals surface area contributed by atoms with E-state index < -0.39 is 0 Å². The van der Waals surface area contributed by atoms with Gasteiger partial charge in [-0.05, 0) is 19.1 Å². The first-order valence-corrected chi connectivity index (χ1v) is 6.41. The highest BCUT2D eigenvalue weighted by Gasteiger charge is 2.00. The number of nitrogens with one attached hydrogen (secondary N) is 1. The van der Waals surface area contributed by atoms with Crippen LogP contribution in [0.15, 0.2) is 29.6 Å². The summed E-state index contributed by atoms with van der Waals surface area (Å²) in [6, 6.07) is 7.77. The fourth-order valence-corrected chi connectivity index (χ4v) is 2.40. The van der Waals surface area contributed by atoms with Gasteiger partial charge in [0.15, 0.2) is 0 Å². The standard InChI is InChI=1S/C12H13ClN2S/c1-9-8-16-12(15-9)6-7-14-11-5-3-2-4-10(11)13/h2-5,8,14H,6-7H2,1H3. The first-order chi connectivity index (χ1) is 7.75. The zero-order valence-corrected chi connectivity index (χ0v) is 10.6. The highest BCUT2D eigenvalue weighted by atomic mass is 35.5. The lowest BCUT2D eigenvalue weighted by atomic mass is 10.3. The molecule has 0 spiro atoms. The molecule has 0 bridgehead atoms. The summed E-state index contributed by atoms with van der Waals surface area (Å²) >= 11 is 7.74. The average molecular weight is 253 g/mol. The Hall–Kier alpha value is -1.06. The van der Waals surface area contributed by atoms with Gasteiger partial charge >= 0.3 is 0 Å². The summed E-state index contributed by atoms with van der Waals surface area (Å²) in [6.07, 6.45) is 0.934. The van der Waals surface area contributed by atoms with E-state index in [1.54, 1.807) is 11.3 Å². The first kappa shape index (κ1) is 11.4. The van der Waals surface area contributed by atoms with Crippen LogP contribution >= 0.6 is 22.9 Å². The maximum absolute atomic E-state index is 6.03. The Bertz CT molecular complexity index is 468. The fraction of sp³-hybridized carbons (Fsp3) is 0.250. The number of benzene rings is 1. The van der Waals surface area contributed by atoms with Crippen LogP contribution in [-0.4, -0.2) is 11.5 Å². The Morgan fingerprint density at radius 2 is 2.19 bits per heavy atom. The molecular formula is C12H13ClN2S. The summed E-state index contributed by atoms with van der Waals surface area (Å²) < 4.78 is 0. The molecule has 2 aromatic rings. The van der Waals surface area contributed by atoms with E-state index in [2.05, 4.69) is 15.7 Å². The van der Waals surface area contributed by atoms with Crippen molar-refractivity contribution >= 4 is 28.6 Å². The third kappa shape index (κ3) is 2.97. The largest absolute Gasteiger partial charge is 0.383 e. The number of nitrogens with zero attached hydrogens (tertiary/aromatic N) is 1. The number of hydrogen-bond donors (Lipinski definition) is 1. The van der Waals surface area contributed by atoms with Crippen molar-refractivity contribution < 1.29 is 0 Å². The number of anilines is 1. The van der Waals surface area contributed by atoms with Crippen LogP contribution in [0.25, 0.3) is 0 Å². The van der Waals surface area contributed by atoms with Crippen LogP contribution in [0.1, 0.15) is 10.7 Å². The molecule has 0 unspecified atom stereocenters. The van der Waals surface area contributed by atoms with Crippen molar-refractivity contribution in [2.75, 3.05) is 11.9 Å². The van der Waals surface area contributed by atoms with Crippen molar-refractivity contribution in [3.05, 3.63) is 45.4 Å². The Labute approximate surface area is 104 Å². The Morgan fingerprint density at radius 3 is 2.88 bits per heavy atom. The Morgan fingerprint density at radius 1 is 1.38 bits per heavy atom. The number of thiazole rings is 1. The number of aryl methyl sites for hydroxylation is 1. The van der Waals surface area contributed by atoms with Gasteiger partial charge in [0.25, 0.3) is 0 Å². The minimum Gasteiger partial charge on any atom is -0.383 e. The van der Waals surface area contributed by atoms with Gasteiger partial charge in [0.05, 0.1) is 15.7 Å². The predicted molar refractivity (Wildman–Crippen MR) is 70.5 cm³/mol. The molecule has 0 fully saturated rings. The van der Waals surface area contributed by atoms with Crippen LogP contribution in [0.5, 0.6) is 0 Å². The van der Waals surface area contributed by atoms with E-state index in [0.717, 1.165) is 34.4 Å². The summed E-state index contributed by atoms with van der Waals surface area (Å²) in [5.41, 5.74) is 2.08. The Kier molecular flexibility index (Phi) is 3.80. The molecule has 84 valence electrons. The van der Waals surface area contributed by atoms with E-state index in [-0.39, 0.29) is 0 Å². The lowest BCUT2D eigenvalue weighted by molar-refractivity contribution is 0.987. The van der Waals surface area contributed by atoms with Gasteiger partial charge in [0.1, 0.15) is 0 Å². The topological polar surface area (TPSA) is 24.9 Å². The van der Waals surface area contributed by atoms with Gasteiger partial charge in [-0.1, -0.05) is 23.7 Å². The molecule has 1 N–H and O–H groups in total. The highest BCUT2D eigenvalue weighted by Crippen LogP contribution is 2.20. The van der Waals surface area contributed by atoms with Crippen LogP contribution in [0, 0.1) is 6.92 Å². The summed E-state index contributed by atoms with van der Waals surface area (Å²) in [6.45, 7) is 2.87. The minimum absolute atomic E-state index is 0.762. The molecule has 0 aliphatic carbocycles. The quantitative estimate of drug-likeness (QED) is 0.896. The van der Waals surface area contributed by atoms with E-state index >= 15 is 0 Å². The summed E-state index contributed by atoms with van der Waals surface area (Å²) in [4.78, 5) is 4.41. The SMILES string of the molecule is Cc1csc(CCNc2ccccc2Cl)n1. The van der Waals surface area contributed by atoms with Crippen molar-refractivity contribution in [2.24, 2.45) is 0 Å². The van der Waals surface area contributed by atoms with Gasteiger partial charge in [0, 0.05) is 24.0 Å². The molecule has 2 rings (SSSR count). The second-order valence-corrected chi connectivity index (χ2v) is 4.89. The number of rotatable bonds is 4. The molecule has 0 aliphatic rings. The maximum Gasteiger partial charge on any atom is 0.0945 e. The average Bonchev–Trinajstić information content (AvgIpc) is 2.67. The molecule has 1 heterocycles. The molecule has 0 amide bonds. The van der Waals surface area contributed by atoms with Gasteiger partial charge in [-0.25, -0.2) is 4.98 Å². The zero-order valence-electron chi connectivity index (χ0n) is 9.03. The molecule has 1 aromatic carbocycles. The number of hydrogen-bond acceptors (Lipinski definition) is 3. The van der Waals surface area contributed by atoms with Crippen LogP contribution < -0.4 is 5.32 Å². The molecule has 4 heteroatoms. The molecule has 1 aromatic heterocycles. The van der Waals surface area contributed by atoms with Gasteiger partial charge in [-0.3, -0.25) is 0 Å². The Balaban J connectivity index is 1.87. The third-order valence-electron chi connectivity index (χ3n) is 2.19. The normalized spacial score (nSPS) is 10.4. The van der Waals surface area contributed by atoms with Crippen molar-refractivity contribution in [3.63, 3.8) is 0 Å². The zero-order chi connectivity index (χ0) is 11.4. The van der Waals surface area contributed by atoms with E-state index in [0.29, 0.717) is 0 Å². The lowest BCUT2D eigenvalue weighted by Crippen LogP contribution is -2.04. The van der Waals surface area contributed by atoms with Crippen molar-refractivity contribution in [2.45, 2.75) is 13.3 Å². The first-order valence-electron chi connectivity index (χ1n) is 5.15. The number of halogens is 1. The molecule has 2 nitrogen and oxygen atoms in total. The smallest absolute Gasteiger partial charge is 0.0945 e. The summed E-state index contributed by atoms with van der Waals surface area (Å²) in [5.74, 6) is 0. The fourth-order valence-electron chi connectivity index (χ4n) is 1.43. The van der Waals surface area contributed by atoms with E-state index in [1.807, 2.05) is 31.2 Å². The highest BCUT2D eigenvalue weighted by molar-refractivity contribution is 7.09. The van der Waals surface area contributed by atoms with Crippen LogP contribution in [0.2, 0.25) is 5.02 Å². The second kappa shape index (κ2) is 5.32. The lowest BCUT2D eigenvalue weighted by Gasteiger charge is -2.06. The van der Waals surface area contributed by atoms with Crippen molar-refractivity contribution in [1.82, 2.24) is 4.98 Å². The maximum atomic E-state index is 6.03. The van der Waals surface area contributed by atoms with E-state index in [4.69, 9.17) is 11.6 Å². The van der Waals surface area contributed by atoms with Crippen molar-refractivity contribution in [1.29, 1.82) is 0 Å². The molecule has 16 heavy (non-hydrogen) atoms. The molecule has 0 saturated carbocycles. The van der Waals surface area contributed by atoms with Crippen LogP contribution in [0.4, 0.5) is 5.69 Å². The summed E-state index contributed by atoms with van der Waals surface area (Å²) in [7, 11) is 0.